The van der Waals surface area contributed by atoms with Gasteiger partial charge in [-0.15, -0.1) is 0 Å². The highest BCUT2D eigenvalue weighted by molar-refractivity contribution is 5.73. The molecule has 0 spiro atoms. The molecular formula is C17H25NO3. The number of carbonyl (C=O) groups is 1. The second-order valence-corrected chi connectivity index (χ2v) is 5.93. The maximum Gasteiger partial charge on any atom is 0.320 e. The van der Waals surface area contributed by atoms with Crippen molar-refractivity contribution in [1.82, 2.24) is 4.90 Å². The summed E-state index contributed by atoms with van der Waals surface area (Å²) in [4.78, 5) is 13.2. The number of rotatable bonds is 8. The third kappa shape index (κ3) is 4.46. The normalized spacial score (nSPS) is 16.0. The summed E-state index contributed by atoms with van der Waals surface area (Å²) in [6, 6.07) is 6.15. The molecule has 0 heterocycles. The molecule has 0 aliphatic heterocycles. The van der Waals surface area contributed by atoms with Gasteiger partial charge in [-0.2, -0.15) is 0 Å². The lowest BCUT2D eigenvalue weighted by Crippen LogP contribution is -2.41. The quantitative estimate of drug-likeness (QED) is 0.748. The first-order chi connectivity index (χ1) is 9.99. The summed E-state index contributed by atoms with van der Waals surface area (Å²) in [5.41, 5.74) is 2.49. The van der Waals surface area contributed by atoms with E-state index in [1.165, 1.54) is 11.1 Å². The van der Waals surface area contributed by atoms with E-state index in [2.05, 4.69) is 24.8 Å². The lowest BCUT2D eigenvalue weighted by Gasteiger charge is -2.26. The van der Waals surface area contributed by atoms with E-state index in [9.17, 15) is 4.79 Å². The Balaban J connectivity index is 1.77. The van der Waals surface area contributed by atoms with E-state index in [0.29, 0.717) is 12.6 Å². The van der Waals surface area contributed by atoms with Crippen LogP contribution in [0.5, 0.6) is 5.75 Å². The minimum atomic E-state index is -0.739. The van der Waals surface area contributed by atoms with E-state index < -0.39 is 12.0 Å². The third-order valence-corrected chi connectivity index (χ3v) is 4.18. The average Bonchev–Trinajstić information content (AvgIpc) is 3.26. The molecular weight excluding hydrogens is 266 g/mol. The van der Waals surface area contributed by atoms with Gasteiger partial charge in [0.25, 0.3) is 0 Å². The number of hydrogen-bond donors (Lipinski definition) is 1. The van der Waals surface area contributed by atoms with Crippen molar-refractivity contribution in [3.8, 4) is 5.75 Å². The van der Waals surface area contributed by atoms with Gasteiger partial charge in [0.05, 0.1) is 6.61 Å². The number of carboxylic acids is 1. The van der Waals surface area contributed by atoms with Gasteiger partial charge in [-0.25, -0.2) is 0 Å². The van der Waals surface area contributed by atoms with Crippen LogP contribution in [0.1, 0.15) is 37.3 Å². The van der Waals surface area contributed by atoms with Gasteiger partial charge in [-0.05, 0) is 63.3 Å². The highest BCUT2D eigenvalue weighted by atomic mass is 16.5. The van der Waals surface area contributed by atoms with Gasteiger partial charge >= 0.3 is 5.97 Å². The van der Waals surface area contributed by atoms with Crippen molar-refractivity contribution in [2.24, 2.45) is 0 Å². The molecule has 2 rings (SSSR count). The smallest absolute Gasteiger partial charge is 0.320 e. The molecule has 1 saturated carbocycles. The largest absolute Gasteiger partial charge is 0.494 e. The summed E-state index contributed by atoms with van der Waals surface area (Å²) in [5.74, 6) is 0.152. The number of nitrogens with zero attached hydrogens (tertiary/aromatic N) is 1. The van der Waals surface area contributed by atoms with E-state index in [4.69, 9.17) is 9.84 Å². The van der Waals surface area contributed by atoms with Crippen molar-refractivity contribution in [1.29, 1.82) is 0 Å². The van der Waals surface area contributed by atoms with Crippen molar-refractivity contribution >= 4 is 5.97 Å². The second kappa shape index (κ2) is 6.94. The molecule has 1 unspecified atom stereocenters. The fraction of sp³-hybridized carbons (Fsp3) is 0.588. The molecule has 116 valence electrons. The van der Waals surface area contributed by atoms with Crippen molar-refractivity contribution in [3.05, 3.63) is 29.3 Å². The maximum atomic E-state index is 11.1. The van der Waals surface area contributed by atoms with Crippen LogP contribution < -0.4 is 4.74 Å². The van der Waals surface area contributed by atoms with Crippen molar-refractivity contribution < 1.29 is 14.6 Å². The Bertz CT molecular complexity index is 497. The summed E-state index contributed by atoms with van der Waals surface area (Å²) in [6.07, 6.45) is 3.09. The van der Waals surface area contributed by atoms with Crippen LogP contribution in [0.3, 0.4) is 0 Å². The Hall–Kier alpha value is -1.55. The van der Waals surface area contributed by atoms with Crippen LogP contribution in [-0.4, -0.2) is 41.2 Å². The molecule has 0 radical (unpaired) electrons. The van der Waals surface area contributed by atoms with E-state index >= 15 is 0 Å². The summed E-state index contributed by atoms with van der Waals surface area (Å²) in [6.45, 7) is 7.33. The first-order valence-corrected chi connectivity index (χ1v) is 7.67. The number of aliphatic carboxylic acids is 1. The maximum absolute atomic E-state index is 11.1. The zero-order chi connectivity index (χ0) is 15.4. The first-order valence-electron chi connectivity index (χ1n) is 7.67. The Morgan fingerprint density at radius 2 is 2.10 bits per heavy atom. The fourth-order valence-corrected chi connectivity index (χ4v) is 2.48. The molecule has 0 aromatic heterocycles. The summed E-state index contributed by atoms with van der Waals surface area (Å²) in [7, 11) is 0. The molecule has 1 fully saturated rings. The molecule has 1 aliphatic carbocycles. The van der Waals surface area contributed by atoms with Crippen molar-refractivity contribution in [3.63, 3.8) is 0 Å². The predicted octanol–water partition coefficient (Wildman–Crippen LogP) is 3.01. The second-order valence-electron chi connectivity index (χ2n) is 5.93. The van der Waals surface area contributed by atoms with E-state index in [1.54, 1.807) is 6.92 Å². The van der Waals surface area contributed by atoms with Crippen LogP contribution in [0, 0.1) is 13.8 Å². The summed E-state index contributed by atoms with van der Waals surface area (Å²) in [5, 5.41) is 9.15. The molecule has 1 atom stereocenters. The van der Waals surface area contributed by atoms with Gasteiger partial charge in [0.1, 0.15) is 11.8 Å². The van der Waals surface area contributed by atoms with Crippen LogP contribution >= 0.6 is 0 Å². The van der Waals surface area contributed by atoms with Gasteiger partial charge in [-0.3, -0.25) is 9.69 Å². The van der Waals surface area contributed by atoms with Crippen LogP contribution in [0.25, 0.3) is 0 Å². The summed E-state index contributed by atoms with van der Waals surface area (Å²) >= 11 is 0. The van der Waals surface area contributed by atoms with Gasteiger partial charge in [-0.1, -0.05) is 6.07 Å². The monoisotopic (exact) mass is 291 g/mol. The average molecular weight is 291 g/mol. The Morgan fingerprint density at radius 1 is 1.38 bits per heavy atom. The molecule has 1 aliphatic rings. The lowest BCUT2D eigenvalue weighted by molar-refractivity contribution is -0.142. The highest BCUT2D eigenvalue weighted by Gasteiger charge is 2.34. The molecule has 1 aromatic carbocycles. The van der Waals surface area contributed by atoms with Gasteiger partial charge in [0.15, 0.2) is 0 Å². The molecule has 4 nitrogen and oxygen atoms in total. The van der Waals surface area contributed by atoms with E-state index in [-0.39, 0.29) is 0 Å². The van der Waals surface area contributed by atoms with Crippen molar-refractivity contribution in [2.45, 2.75) is 52.1 Å². The Morgan fingerprint density at radius 3 is 2.67 bits per heavy atom. The van der Waals surface area contributed by atoms with E-state index in [1.807, 2.05) is 12.1 Å². The minimum absolute atomic E-state index is 0.404. The lowest BCUT2D eigenvalue weighted by atomic mass is 10.1. The molecule has 0 bridgehead atoms. The summed E-state index contributed by atoms with van der Waals surface area (Å²) < 4.78 is 5.76. The Kier molecular flexibility index (Phi) is 5.23. The molecule has 4 heteroatoms. The fourth-order valence-electron chi connectivity index (χ4n) is 2.48. The highest BCUT2D eigenvalue weighted by Crippen LogP contribution is 2.28. The number of carboxylic acid groups (broad SMARTS) is 1. The van der Waals surface area contributed by atoms with Crippen LogP contribution in [0.2, 0.25) is 0 Å². The zero-order valence-corrected chi connectivity index (χ0v) is 13.1. The Labute approximate surface area is 126 Å². The predicted molar refractivity (Wildman–Crippen MR) is 82.9 cm³/mol. The number of aryl methyl sites for hydroxylation is 2. The number of benzene rings is 1. The van der Waals surface area contributed by atoms with Crippen LogP contribution in [0.4, 0.5) is 0 Å². The van der Waals surface area contributed by atoms with Crippen LogP contribution in [0.15, 0.2) is 18.2 Å². The molecule has 21 heavy (non-hydrogen) atoms. The van der Waals surface area contributed by atoms with E-state index in [0.717, 1.165) is 31.6 Å². The molecule has 1 N–H and O–H groups in total. The third-order valence-electron chi connectivity index (χ3n) is 4.18. The van der Waals surface area contributed by atoms with Crippen molar-refractivity contribution in [2.75, 3.05) is 13.2 Å². The molecule has 0 amide bonds. The SMILES string of the molecule is Cc1ccc(OCCCN(C2CC2)C(C)C(=O)O)cc1C. The van der Waals surface area contributed by atoms with Gasteiger partial charge in [0.2, 0.25) is 0 Å². The molecule has 1 aromatic rings. The number of hydrogen-bond acceptors (Lipinski definition) is 3. The zero-order valence-electron chi connectivity index (χ0n) is 13.1. The van der Waals surface area contributed by atoms with Gasteiger partial charge in [0, 0.05) is 12.6 Å². The molecule has 0 saturated heterocycles. The standard InChI is InChI=1S/C17H25NO3/c1-12-5-8-16(11-13(12)2)21-10-4-9-18(15-6-7-15)14(3)17(19)20/h5,8,11,14-15H,4,6-7,9-10H2,1-3H3,(H,19,20). The van der Waals surface area contributed by atoms with Crippen LogP contribution in [-0.2, 0) is 4.79 Å². The van der Waals surface area contributed by atoms with Gasteiger partial charge < -0.3 is 9.84 Å². The first kappa shape index (κ1) is 15.8. The topological polar surface area (TPSA) is 49.8 Å². The minimum Gasteiger partial charge on any atom is -0.494 e. The number of ether oxygens (including phenoxy) is 1.